The van der Waals surface area contributed by atoms with E-state index in [9.17, 15) is 14.4 Å². The van der Waals surface area contributed by atoms with E-state index < -0.39 is 17.2 Å². The Balaban J connectivity index is 2.43. The third kappa shape index (κ3) is 3.77. The molecule has 1 aromatic carbocycles. The fraction of sp³-hybridized carbons (Fsp3) is 0.353. The average Bonchev–Trinajstić information content (AvgIpc) is 2.45. The molecule has 0 fully saturated rings. The third-order valence-corrected chi connectivity index (χ3v) is 3.48. The highest BCUT2D eigenvalue weighted by Crippen LogP contribution is 2.34. The second-order valence-corrected chi connectivity index (χ2v) is 5.96. The van der Waals surface area contributed by atoms with Crippen LogP contribution in [0.15, 0.2) is 33.9 Å². The van der Waals surface area contributed by atoms with E-state index in [0.29, 0.717) is 5.75 Å². The summed E-state index contributed by atoms with van der Waals surface area (Å²) in [5, 5.41) is 0. The summed E-state index contributed by atoms with van der Waals surface area (Å²) in [6.07, 6.45) is 0. The normalized spacial score (nSPS) is 11.0. The van der Waals surface area contributed by atoms with Gasteiger partial charge in [-0.1, -0.05) is 39.8 Å². The van der Waals surface area contributed by atoms with Crippen LogP contribution in [-0.4, -0.2) is 15.9 Å². The third-order valence-electron chi connectivity index (χ3n) is 3.48. The summed E-state index contributed by atoms with van der Waals surface area (Å²) in [6.45, 7) is 8.18. The molecule has 2 N–H and O–H groups in total. The molecule has 0 bridgehead atoms. The van der Waals surface area contributed by atoms with E-state index in [1.54, 1.807) is 6.07 Å². The van der Waals surface area contributed by atoms with Gasteiger partial charge in [0.1, 0.15) is 11.4 Å². The Kier molecular flexibility index (Phi) is 4.83. The van der Waals surface area contributed by atoms with Crippen LogP contribution in [0, 0.1) is 0 Å². The van der Waals surface area contributed by atoms with E-state index in [1.807, 2.05) is 31.0 Å². The predicted octanol–water partition coefficient (Wildman–Crippen LogP) is 2.53. The number of nitrogens with one attached hydrogen (secondary N) is 2. The average molecular weight is 316 g/mol. The standard InChI is InChI=1S/C17H20N2O4/c1-9(2)11-6-5-7-13(15(11)10(3)4)23-16(21)12-8-14(20)19-17(22)18-12/h5-10H,1-4H3,(H2,18,19,20,22). The van der Waals surface area contributed by atoms with Gasteiger partial charge in [-0.2, -0.15) is 0 Å². The molecule has 6 heteroatoms. The highest BCUT2D eigenvalue weighted by Gasteiger charge is 2.19. The summed E-state index contributed by atoms with van der Waals surface area (Å²) in [5.41, 5.74) is 0.473. The van der Waals surface area contributed by atoms with Gasteiger partial charge in [0.15, 0.2) is 0 Å². The molecule has 2 aromatic rings. The van der Waals surface area contributed by atoms with E-state index in [4.69, 9.17) is 4.74 Å². The van der Waals surface area contributed by atoms with E-state index in [1.165, 1.54) is 0 Å². The zero-order chi connectivity index (χ0) is 17.1. The van der Waals surface area contributed by atoms with Crippen molar-refractivity contribution < 1.29 is 9.53 Å². The smallest absolute Gasteiger partial charge is 0.360 e. The number of carbonyl (C=O) groups is 1. The van der Waals surface area contributed by atoms with E-state index in [0.717, 1.165) is 17.2 Å². The number of aromatic amines is 2. The van der Waals surface area contributed by atoms with Crippen LogP contribution in [0.5, 0.6) is 5.75 Å². The molecule has 0 radical (unpaired) electrons. The van der Waals surface area contributed by atoms with Crippen LogP contribution in [0.4, 0.5) is 0 Å². The highest BCUT2D eigenvalue weighted by molar-refractivity contribution is 5.89. The Hall–Kier alpha value is -2.63. The predicted molar refractivity (Wildman–Crippen MR) is 87.3 cm³/mol. The Labute approximate surface area is 133 Å². The van der Waals surface area contributed by atoms with Crippen LogP contribution < -0.4 is 16.0 Å². The first kappa shape index (κ1) is 16.7. The number of esters is 1. The molecule has 0 spiro atoms. The SMILES string of the molecule is CC(C)c1cccc(OC(=O)c2cc(=O)[nH]c(=O)[nH]2)c1C(C)C. The Morgan fingerprint density at radius 3 is 2.30 bits per heavy atom. The largest absolute Gasteiger partial charge is 0.422 e. The first-order valence-corrected chi connectivity index (χ1v) is 7.48. The van der Waals surface area contributed by atoms with E-state index in [2.05, 4.69) is 18.8 Å². The number of aromatic nitrogens is 2. The number of carbonyl (C=O) groups excluding carboxylic acids is 1. The van der Waals surface area contributed by atoms with Crippen molar-refractivity contribution in [2.45, 2.75) is 39.5 Å². The van der Waals surface area contributed by atoms with Crippen molar-refractivity contribution >= 4 is 5.97 Å². The van der Waals surface area contributed by atoms with Crippen LogP contribution in [0.25, 0.3) is 0 Å². The van der Waals surface area contributed by atoms with E-state index in [-0.39, 0.29) is 17.5 Å². The van der Waals surface area contributed by atoms with Crippen LogP contribution in [-0.2, 0) is 0 Å². The van der Waals surface area contributed by atoms with Crippen molar-refractivity contribution in [3.63, 3.8) is 0 Å². The van der Waals surface area contributed by atoms with Gasteiger partial charge in [0, 0.05) is 11.6 Å². The molecule has 0 unspecified atom stereocenters. The first-order chi connectivity index (χ1) is 10.8. The maximum absolute atomic E-state index is 12.2. The maximum Gasteiger partial charge on any atom is 0.360 e. The highest BCUT2D eigenvalue weighted by atomic mass is 16.5. The fourth-order valence-electron chi connectivity index (χ4n) is 2.50. The molecule has 6 nitrogen and oxygen atoms in total. The van der Waals surface area contributed by atoms with Crippen molar-refractivity contribution in [1.82, 2.24) is 9.97 Å². The van der Waals surface area contributed by atoms with Crippen molar-refractivity contribution in [3.05, 3.63) is 61.9 Å². The minimum absolute atomic E-state index is 0.162. The molecule has 2 rings (SSSR count). The number of hydrogen-bond acceptors (Lipinski definition) is 4. The second kappa shape index (κ2) is 6.64. The Morgan fingerprint density at radius 1 is 1.04 bits per heavy atom. The molecule has 1 aromatic heterocycles. The summed E-state index contributed by atoms with van der Waals surface area (Å²) in [7, 11) is 0. The second-order valence-electron chi connectivity index (χ2n) is 5.96. The minimum Gasteiger partial charge on any atom is -0.422 e. The van der Waals surface area contributed by atoms with Gasteiger partial charge in [0.05, 0.1) is 0 Å². The lowest BCUT2D eigenvalue weighted by Gasteiger charge is -2.19. The summed E-state index contributed by atoms with van der Waals surface area (Å²) < 4.78 is 5.43. The van der Waals surface area contributed by atoms with Gasteiger partial charge in [0.25, 0.3) is 5.56 Å². The van der Waals surface area contributed by atoms with Gasteiger partial charge in [-0.3, -0.25) is 9.78 Å². The zero-order valence-corrected chi connectivity index (χ0v) is 13.6. The lowest BCUT2D eigenvalue weighted by molar-refractivity contribution is 0.0725. The lowest BCUT2D eigenvalue weighted by atomic mass is 9.90. The summed E-state index contributed by atoms with van der Waals surface area (Å²) >= 11 is 0. The Bertz CT molecular complexity index is 803. The minimum atomic E-state index is -0.768. The van der Waals surface area contributed by atoms with Gasteiger partial charge >= 0.3 is 11.7 Å². The Morgan fingerprint density at radius 2 is 1.74 bits per heavy atom. The molecule has 122 valence electrons. The van der Waals surface area contributed by atoms with Gasteiger partial charge in [-0.05, 0) is 23.5 Å². The molecular formula is C17H20N2O4. The molecule has 0 aliphatic carbocycles. The summed E-state index contributed by atoms with van der Waals surface area (Å²) in [4.78, 5) is 39.1. The number of ether oxygens (including phenoxy) is 1. The molecule has 0 atom stereocenters. The molecule has 0 aliphatic rings. The van der Waals surface area contributed by atoms with Gasteiger partial charge < -0.3 is 9.72 Å². The molecule has 0 aliphatic heterocycles. The lowest BCUT2D eigenvalue weighted by Crippen LogP contribution is -2.26. The number of rotatable bonds is 4. The van der Waals surface area contributed by atoms with Crippen LogP contribution >= 0.6 is 0 Å². The number of hydrogen-bond donors (Lipinski definition) is 2. The van der Waals surface area contributed by atoms with Crippen molar-refractivity contribution in [3.8, 4) is 5.75 Å². The fourth-order valence-corrected chi connectivity index (χ4v) is 2.50. The van der Waals surface area contributed by atoms with E-state index >= 15 is 0 Å². The molecule has 0 amide bonds. The molecule has 23 heavy (non-hydrogen) atoms. The van der Waals surface area contributed by atoms with Gasteiger partial charge in [-0.25, -0.2) is 9.59 Å². The summed E-state index contributed by atoms with van der Waals surface area (Å²) in [6, 6.07) is 6.55. The van der Waals surface area contributed by atoms with Crippen molar-refractivity contribution in [2.24, 2.45) is 0 Å². The van der Waals surface area contributed by atoms with Crippen LogP contribution in [0.2, 0.25) is 0 Å². The number of benzene rings is 1. The molecule has 0 saturated heterocycles. The van der Waals surface area contributed by atoms with Crippen molar-refractivity contribution in [1.29, 1.82) is 0 Å². The zero-order valence-electron chi connectivity index (χ0n) is 13.6. The monoisotopic (exact) mass is 316 g/mol. The molecule has 1 heterocycles. The summed E-state index contributed by atoms with van der Waals surface area (Å²) in [5.74, 6) is 0.119. The maximum atomic E-state index is 12.2. The molecule has 0 saturated carbocycles. The van der Waals surface area contributed by atoms with Gasteiger partial charge in [0.2, 0.25) is 0 Å². The van der Waals surface area contributed by atoms with Crippen molar-refractivity contribution in [2.75, 3.05) is 0 Å². The van der Waals surface area contributed by atoms with Gasteiger partial charge in [-0.15, -0.1) is 0 Å². The molecular weight excluding hydrogens is 296 g/mol. The number of H-pyrrole nitrogens is 2. The van der Waals surface area contributed by atoms with Crippen LogP contribution in [0.3, 0.4) is 0 Å². The van der Waals surface area contributed by atoms with Crippen LogP contribution in [0.1, 0.15) is 61.1 Å². The quantitative estimate of drug-likeness (QED) is 0.669. The topological polar surface area (TPSA) is 92.0 Å². The first-order valence-electron chi connectivity index (χ1n) is 7.48.